The van der Waals surface area contributed by atoms with Gasteiger partial charge in [-0.3, -0.25) is 4.79 Å². The number of fused-ring (bicyclic) bond motifs is 1. The average Bonchev–Trinajstić information content (AvgIpc) is 2.48. The van der Waals surface area contributed by atoms with E-state index in [1.54, 1.807) is 0 Å². The Morgan fingerprint density at radius 3 is 2.85 bits per heavy atom. The minimum absolute atomic E-state index is 0.0537. The van der Waals surface area contributed by atoms with Gasteiger partial charge in [-0.05, 0) is 36.0 Å². The van der Waals surface area contributed by atoms with E-state index in [1.807, 2.05) is 6.07 Å². The number of carbonyl (C=O) groups excluding carboxylic acids is 1. The third-order valence-corrected chi connectivity index (χ3v) is 4.80. The largest absolute Gasteiger partial charge is 0.352 e. The highest BCUT2D eigenvalue weighted by molar-refractivity contribution is 5.96. The van der Waals surface area contributed by atoms with E-state index in [4.69, 9.17) is 5.73 Å². The van der Waals surface area contributed by atoms with Gasteiger partial charge >= 0.3 is 0 Å². The van der Waals surface area contributed by atoms with Gasteiger partial charge in [-0.2, -0.15) is 0 Å². The van der Waals surface area contributed by atoms with Gasteiger partial charge in [-0.25, -0.2) is 0 Å². The van der Waals surface area contributed by atoms with Gasteiger partial charge in [0.05, 0.1) is 0 Å². The fourth-order valence-electron chi connectivity index (χ4n) is 3.58. The zero-order valence-corrected chi connectivity index (χ0v) is 12.0. The van der Waals surface area contributed by atoms with Crippen LogP contribution in [-0.2, 0) is 6.42 Å². The van der Waals surface area contributed by atoms with Gasteiger partial charge in [0, 0.05) is 18.2 Å². The molecule has 3 nitrogen and oxygen atoms in total. The van der Waals surface area contributed by atoms with Crippen LogP contribution < -0.4 is 11.1 Å². The fourth-order valence-corrected chi connectivity index (χ4v) is 3.58. The first-order valence-corrected chi connectivity index (χ1v) is 7.90. The molecule has 3 N–H and O–H groups in total. The Labute approximate surface area is 120 Å². The number of rotatable bonds is 3. The predicted molar refractivity (Wildman–Crippen MR) is 80.6 cm³/mol. The molecule has 1 heterocycles. The molecule has 3 rings (SSSR count). The molecule has 0 aromatic heterocycles. The Bertz CT molecular complexity index is 492. The van der Waals surface area contributed by atoms with Gasteiger partial charge in [0.1, 0.15) is 0 Å². The molecule has 1 atom stereocenters. The van der Waals surface area contributed by atoms with E-state index in [1.165, 1.54) is 32.1 Å². The van der Waals surface area contributed by atoms with Gasteiger partial charge in [0.2, 0.25) is 0 Å². The van der Waals surface area contributed by atoms with Gasteiger partial charge in [0.25, 0.3) is 5.91 Å². The maximum atomic E-state index is 11.9. The highest BCUT2D eigenvalue weighted by Gasteiger charge is 2.21. The Balaban J connectivity index is 1.72. The molecule has 0 saturated heterocycles. The third-order valence-electron chi connectivity index (χ3n) is 4.80. The summed E-state index contributed by atoms with van der Waals surface area (Å²) < 4.78 is 0. The SMILES string of the molecule is NC(CC1CCCCC1)c1ccc2c(c1)C(=O)NCC2. The van der Waals surface area contributed by atoms with Crippen LogP contribution in [0.4, 0.5) is 0 Å². The molecule has 1 fully saturated rings. The first-order valence-electron chi connectivity index (χ1n) is 7.90. The lowest BCUT2D eigenvalue weighted by Gasteiger charge is -2.25. The minimum atomic E-state index is 0.0537. The lowest BCUT2D eigenvalue weighted by molar-refractivity contribution is 0.0946. The van der Waals surface area contributed by atoms with E-state index in [0.29, 0.717) is 0 Å². The summed E-state index contributed by atoms with van der Waals surface area (Å²) in [5, 5.41) is 2.91. The van der Waals surface area contributed by atoms with Crippen LogP contribution in [-0.4, -0.2) is 12.5 Å². The lowest BCUT2D eigenvalue weighted by Crippen LogP contribution is -2.32. The molecule has 1 aliphatic carbocycles. The zero-order valence-electron chi connectivity index (χ0n) is 12.0. The van der Waals surface area contributed by atoms with Gasteiger partial charge < -0.3 is 11.1 Å². The molecule has 1 amide bonds. The maximum absolute atomic E-state index is 11.9. The summed E-state index contributed by atoms with van der Waals surface area (Å²) in [5.74, 6) is 0.821. The fraction of sp³-hybridized carbons (Fsp3) is 0.588. The van der Waals surface area contributed by atoms with Crippen LogP contribution in [0, 0.1) is 5.92 Å². The van der Waals surface area contributed by atoms with Crippen molar-refractivity contribution in [1.82, 2.24) is 5.32 Å². The normalized spacial score (nSPS) is 21.1. The van der Waals surface area contributed by atoms with Crippen molar-refractivity contribution in [3.63, 3.8) is 0 Å². The predicted octanol–water partition coefficient (Wildman–Crippen LogP) is 2.94. The molecule has 0 radical (unpaired) electrons. The summed E-state index contributed by atoms with van der Waals surface area (Å²) in [7, 11) is 0. The Kier molecular flexibility index (Phi) is 4.06. The summed E-state index contributed by atoms with van der Waals surface area (Å²) >= 11 is 0. The van der Waals surface area contributed by atoms with Crippen LogP contribution in [0.5, 0.6) is 0 Å². The summed E-state index contributed by atoms with van der Waals surface area (Å²) in [4.78, 5) is 11.9. The molecule has 1 aliphatic heterocycles. The van der Waals surface area contributed by atoms with E-state index >= 15 is 0 Å². The third kappa shape index (κ3) is 2.88. The molecule has 3 heteroatoms. The highest BCUT2D eigenvalue weighted by atomic mass is 16.1. The van der Waals surface area contributed by atoms with Crippen LogP contribution in [0.25, 0.3) is 0 Å². The summed E-state index contributed by atoms with van der Waals surface area (Å²) in [6, 6.07) is 6.28. The Morgan fingerprint density at radius 2 is 2.05 bits per heavy atom. The second kappa shape index (κ2) is 5.96. The molecule has 1 aromatic rings. The Morgan fingerprint density at radius 1 is 1.25 bits per heavy atom. The van der Waals surface area contributed by atoms with Crippen molar-refractivity contribution in [2.45, 2.75) is 51.0 Å². The van der Waals surface area contributed by atoms with E-state index in [-0.39, 0.29) is 11.9 Å². The first-order chi connectivity index (χ1) is 9.74. The molecule has 1 unspecified atom stereocenters. The standard InChI is InChI=1S/C17H24N2O/c18-16(10-12-4-2-1-3-5-12)14-7-6-13-8-9-19-17(20)15(13)11-14/h6-7,11-12,16H,1-5,8-10,18H2,(H,19,20). The summed E-state index contributed by atoms with van der Waals surface area (Å²) in [5.41, 5.74) is 9.47. The average molecular weight is 272 g/mol. The summed E-state index contributed by atoms with van der Waals surface area (Å²) in [6.07, 6.45) is 8.70. The van der Waals surface area contributed by atoms with E-state index in [0.717, 1.165) is 42.0 Å². The van der Waals surface area contributed by atoms with Crippen molar-refractivity contribution in [1.29, 1.82) is 0 Å². The van der Waals surface area contributed by atoms with Crippen molar-refractivity contribution in [2.24, 2.45) is 11.7 Å². The second-order valence-electron chi connectivity index (χ2n) is 6.27. The van der Waals surface area contributed by atoms with Crippen LogP contribution in [0.15, 0.2) is 18.2 Å². The molecule has 2 aliphatic rings. The van der Waals surface area contributed by atoms with Crippen molar-refractivity contribution >= 4 is 5.91 Å². The molecule has 0 bridgehead atoms. The molecule has 1 saturated carbocycles. The summed E-state index contributed by atoms with van der Waals surface area (Å²) in [6.45, 7) is 0.749. The number of carbonyl (C=O) groups is 1. The van der Waals surface area contributed by atoms with Gasteiger partial charge in [-0.15, -0.1) is 0 Å². The smallest absolute Gasteiger partial charge is 0.251 e. The second-order valence-corrected chi connectivity index (χ2v) is 6.27. The highest BCUT2D eigenvalue weighted by Crippen LogP contribution is 2.31. The number of benzene rings is 1. The van der Waals surface area contributed by atoms with E-state index in [9.17, 15) is 4.79 Å². The molecule has 108 valence electrons. The number of nitrogens with one attached hydrogen (secondary N) is 1. The number of amides is 1. The van der Waals surface area contributed by atoms with Gasteiger partial charge in [-0.1, -0.05) is 44.2 Å². The van der Waals surface area contributed by atoms with Crippen molar-refractivity contribution < 1.29 is 4.79 Å². The quantitative estimate of drug-likeness (QED) is 0.889. The van der Waals surface area contributed by atoms with Crippen molar-refractivity contribution in [3.8, 4) is 0 Å². The number of hydrogen-bond acceptors (Lipinski definition) is 2. The van der Waals surface area contributed by atoms with Crippen molar-refractivity contribution in [3.05, 3.63) is 34.9 Å². The minimum Gasteiger partial charge on any atom is -0.352 e. The topological polar surface area (TPSA) is 55.1 Å². The molecule has 20 heavy (non-hydrogen) atoms. The van der Waals surface area contributed by atoms with Crippen LogP contribution >= 0.6 is 0 Å². The monoisotopic (exact) mass is 272 g/mol. The van der Waals surface area contributed by atoms with Gasteiger partial charge in [0.15, 0.2) is 0 Å². The van der Waals surface area contributed by atoms with Crippen molar-refractivity contribution in [2.75, 3.05) is 6.54 Å². The van der Waals surface area contributed by atoms with Crippen LogP contribution in [0.1, 0.15) is 66.1 Å². The number of nitrogens with two attached hydrogens (primary N) is 1. The molecule has 1 aromatic carbocycles. The lowest BCUT2D eigenvalue weighted by atomic mass is 9.83. The van der Waals surface area contributed by atoms with E-state index < -0.39 is 0 Å². The molecular weight excluding hydrogens is 248 g/mol. The molecular formula is C17H24N2O. The number of hydrogen-bond donors (Lipinski definition) is 2. The zero-order chi connectivity index (χ0) is 13.9. The van der Waals surface area contributed by atoms with E-state index in [2.05, 4.69) is 17.4 Å². The maximum Gasteiger partial charge on any atom is 0.251 e. The Hall–Kier alpha value is -1.35. The molecule has 0 spiro atoms. The van der Waals surface area contributed by atoms with Crippen LogP contribution in [0.3, 0.4) is 0 Å². The van der Waals surface area contributed by atoms with Crippen LogP contribution in [0.2, 0.25) is 0 Å². The first kappa shape index (κ1) is 13.6.